The summed E-state index contributed by atoms with van der Waals surface area (Å²) in [6.07, 6.45) is -0.706. The van der Waals surface area contributed by atoms with E-state index in [-0.39, 0.29) is 24.1 Å². The molecule has 0 radical (unpaired) electrons. The summed E-state index contributed by atoms with van der Waals surface area (Å²) >= 11 is 0. The molecule has 1 aromatic carbocycles. The second-order valence-corrected chi connectivity index (χ2v) is 4.76. The van der Waals surface area contributed by atoms with Crippen LogP contribution >= 0.6 is 0 Å². The summed E-state index contributed by atoms with van der Waals surface area (Å²) < 4.78 is 5.34. The fourth-order valence-corrected chi connectivity index (χ4v) is 1.50. The Labute approximate surface area is 112 Å². The van der Waals surface area contributed by atoms with Crippen LogP contribution in [0.2, 0.25) is 0 Å². The molecule has 1 aromatic rings. The zero-order chi connectivity index (χ0) is 14.4. The second kappa shape index (κ2) is 7.06. The highest BCUT2D eigenvalue weighted by Gasteiger charge is 2.16. The lowest BCUT2D eigenvalue weighted by Gasteiger charge is -2.15. The van der Waals surface area contributed by atoms with Gasteiger partial charge in [0.2, 0.25) is 0 Å². The Hall–Kier alpha value is -1.66. The first-order valence-electron chi connectivity index (χ1n) is 6.19. The third-order valence-corrected chi connectivity index (χ3v) is 2.50. The number of rotatable bonds is 7. The number of aliphatic hydroxyl groups is 1. The van der Waals surface area contributed by atoms with Gasteiger partial charge in [0.15, 0.2) is 5.75 Å². The Morgan fingerprint density at radius 1 is 1.47 bits per heavy atom. The Bertz CT molecular complexity index is 435. The van der Waals surface area contributed by atoms with Crippen molar-refractivity contribution in [3.05, 3.63) is 33.9 Å². The lowest BCUT2D eigenvalue weighted by Crippen LogP contribution is -2.35. The molecule has 1 atom stereocenters. The number of hydrogen-bond acceptors (Lipinski definition) is 5. The lowest BCUT2D eigenvalue weighted by atomic mass is 10.2. The first kappa shape index (κ1) is 15.4. The van der Waals surface area contributed by atoms with Crippen molar-refractivity contribution < 1.29 is 14.8 Å². The van der Waals surface area contributed by atoms with Crippen LogP contribution in [0.5, 0.6) is 5.75 Å². The number of nitrogens with one attached hydrogen (secondary N) is 1. The fraction of sp³-hybridized carbons (Fsp3) is 0.538. The molecule has 6 heteroatoms. The Kier molecular flexibility index (Phi) is 5.72. The molecule has 1 rings (SSSR count). The molecule has 1 unspecified atom stereocenters. The minimum Gasteiger partial charge on any atom is -0.484 e. The van der Waals surface area contributed by atoms with E-state index in [1.165, 1.54) is 6.07 Å². The normalized spacial score (nSPS) is 12.5. The summed E-state index contributed by atoms with van der Waals surface area (Å²) in [7, 11) is 0. The third-order valence-electron chi connectivity index (χ3n) is 2.50. The van der Waals surface area contributed by atoms with Gasteiger partial charge in [0.1, 0.15) is 12.7 Å². The maximum Gasteiger partial charge on any atom is 0.310 e. The van der Waals surface area contributed by atoms with Crippen molar-refractivity contribution in [3.8, 4) is 5.75 Å². The Morgan fingerprint density at radius 3 is 2.74 bits per heavy atom. The number of nitrogens with zero attached hydrogens (tertiary/aromatic N) is 1. The van der Waals surface area contributed by atoms with Crippen LogP contribution in [0, 0.1) is 17.0 Å². The van der Waals surface area contributed by atoms with E-state index in [2.05, 4.69) is 5.32 Å². The van der Waals surface area contributed by atoms with E-state index in [9.17, 15) is 15.2 Å². The van der Waals surface area contributed by atoms with Gasteiger partial charge in [-0.1, -0.05) is 19.9 Å². The molecule has 0 fully saturated rings. The Morgan fingerprint density at radius 2 is 2.16 bits per heavy atom. The van der Waals surface area contributed by atoms with E-state index in [1.807, 2.05) is 20.8 Å². The topological polar surface area (TPSA) is 84.6 Å². The summed E-state index contributed by atoms with van der Waals surface area (Å²) in [6, 6.07) is 4.93. The summed E-state index contributed by atoms with van der Waals surface area (Å²) in [5.74, 6) is 0.189. The van der Waals surface area contributed by atoms with Crippen LogP contribution < -0.4 is 10.1 Å². The van der Waals surface area contributed by atoms with Gasteiger partial charge in [0.05, 0.1) is 4.92 Å². The monoisotopic (exact) mass is 268 g/mol. The second-order valence-electron chi connectivity index (χ2n) is 4.76. The van der Waals surface area contributed by atoms with E-state index in [0.29, 0.717) is 6.54 Å². The van der Waals surface area contributed by atoms with Crippen LogP contribution in [0.1, 0.15) is 19.4 Å². The van der Waals surface area contributed by atoms with E-state index in [1.54, 1.807) is 12.1 Å². The molecule has 0 spiro atoms. The number of ether oxygens (including phenoxy) is 1. The molecule has 0 aliphatic carbocycles. The first-order valence-corrected chi connectivity index (χ1v) is 6.19. The maximum absolute atomic E-state index is 10.8. The van der Waals surface area contributed by atoms with E-state index in [0.717, 1.165) is 5.56 Å². The van der Waals surface area contributed by atoms with Gasteiger partial charge in [-0.3, -0.25) is 10.1 Å². The van der Waals surface area contributed by atoms with Gasteiger partial charge in [-0.15, -0.1) is 0 Å². The van der Waals surface area contributed by atoms with Crippen LogP contribution in [-0.2, 0) is 0 Å². The molecule has 0 saturated heterocycles. The summed E-state index contributed by atoms with van der Waals surface area (Å²) in [4.78, 5) is 10.4. The van der Waals surface area contributed by atoms with E-state index < -0.39 is 11.0 Å². The number of benzene rings is 1. The SMILES string of the molecule is Cc1ccc([N+](=O)[O-])c(OCC(O)CNC(C)C)c1. The molecule has 19 heavy (non-hydrogen) atoms. The predicted molar refractivity (Wildman–Crippen MR) is 72.5 cm³/mol. The highest BCUT2D eigenvalue weighted by atomic mass is 16.6. The number of hydrogen-bond donors (Lipinski definition) is 2. The van der Waals surface area contributed by atoms with Crippen molar-refractivity contribution in [2.75, 3.05) is 13.2 Å². The summed E-state index contributed by atoms with van der Waals surface area (Å²) in [5.41, 5.74) is 0.782. The van der Waals surface area contributed by atoms with Gasteiger partial charge in [-0.2, -0.15) is 0 Å². The van der Waals surface area contributed by atoms with Gasteiger partial charge in [0.25, 0.3) is 0 Å². The van der Waals surface area contributed by atoms with Crippen LogP contribution in [0.25, 0.3) is 0 Å². The van der Waals surface area contributed by atoms with Crippen molar-refractivity contribution in [2.24, 2.45) is 0 Å². The number of nitro benzene ring substituents is 1. The molecule has 106 valence electrons. The van der Waals surface area contributed by atoms with Crippen molar-refractivity contribution in [3.63, 3.8) is 0 Å². The number of nitro groups is 1. The molecule has 2 N–H and O–H groups in total. The van der Waals surface area contributed by atoms with Gasteiger partial charge < -0.3 is 15.2 Å². The molecule has 0 aliphatic rings. The van der Waals surface area contributed by atoms with Crippen LogP contribution in [-0.4, -0.2) is 35.3 Å². The average Bonchev–Trinajstić information content (AvgIpc) is 2.33. The standard InChI is InChI=1S/C13H20N2O4/c1-9(2)14-7-11(16)8-19-13-6-10(3)4-5-12(13)15(17)18/h4-6,9,11,14,16H,7-8H2,1-3H3. The average molecular weight is 268 g/mol. The van der Waals surface area contributed by atoms with Gasteiger partial charge >= 0.3 is 5.69 Å². The zero-order valence-corrected chi connectivity index (χ0v) is 11.4. The first-order chi connectivity index (χ1) is 8.90. The van der Waals surface area contributed by atoms with E-state index >= 15 is 0 Å². The van der Waals surface area contributed by atoms with E-state index in [4.69, 9.17) is 4.74 Å². The molecular weight excluding hydrogens is 248 g/mol. The quantitative estimate of drug-likeness (QED) is 0.580. The van der Waals surface area contributed by atoms with Crippen molar-refractivity contribution in [2.45, 2.75) is 32.9 Å². The van der Waals surface area contributed by atoms with Gasteiger partial charge in [0, 0.05) is 18.7 Å². The fourth-order valence-electron chi connectivity index (χ4n) is 1.50. The van der Waals surface area contributed by atoms with Crippen LogP contribution in [0.15, 0.2) is 18.2 Å². The maximum atomic E-state index is 10.8. The minimum absolute atomic E-state index is 0.0179. The molecule has 0 amide bonds. The van der Waals surface area contributed by atoms with Crippen LogP contribution in [0.3, 0.4) is 0 Å². The largest absolute Gasteiger partial charge is 0.484 e. The highest BCUT2D eigenvalue weighted by Crippen LogP contribution is 2.27. The Balaban J connectivity index is 2.61. The van der Waals surface area contributed by atoms with Crippen molar-refractivity contribution in [1.82, 2.24) is 5.32 Å². The number of aryl methyl sites for hydroxylation is 1. The molecule has 6 nitrogen and oxygen atoms in total. The van der Waals surface area contributed by atoms with Crippen molar-refractivity contribution in [1.29, 1.82) is 0 Å². The lowest BCUT2D eigenvalue weighted by molar-refractivity contribution is -0.385. The molecule has 0 heterocycles. The minimum atomic E-state index is -0.706. The van der Waals surface area contributed by atoms with Crippen LogP contribution in [0.4, 0.5) is 5.69 Å². The van der Waals surface area contributed by atoms with Crippen molar-refractivity contribution >= 4 is 5.69 Å². The predicted octanol–water partition coefficient (Wildman–Crippen LogP) is 1.64. The zero-order valence-electron chi connectivity index (χ0n) is 11.4. The third kappa shape index (κ3) is 5.23. The number of aliphatic hydroxyl groups excluding tert-OH is 1. The van der Waals surface area contributed by atoms with Gasteiger partial charge in [-0.05, 0) is 18.6 Å². The summed E-state index contributed by atoms with van der Waals surface area (Å²) in [5, 5.41) is 23.6. The smallest absolute Gasteiger partial charge is 0.310 e. The van der Waals surface area contributed by atoms with Gasteiger partial charge in [-0.25, -0.2) is 0 Å². The molecule has 0 aliphatic heterocycles. The molecular formula is C13H20N2O4. The molecule has 0 saturated carbocycles. The molecule has 0 bridgehead atoms. The summed E-state index contributed by atoms with van der Waals surface area (Å²) in [6.45, 7) is 6.17. The highest BCUT2D eigenvalue weighted by molar-refractivity contribution is 5.48. The molecule has 0 aromatic heterocycles.